The van der Waals surface area contributed by atoms with Crippen molar-refractivity contribution in [3.63, 3.8) is 0 Å². The first kappa shape index (κ1) is 14.2. The van der Waals surface area contributed by atoms with Gasteiger partial charge >= 0.3 is 0 Å². The molecule has 1 unspecified atom stereocenters. The average molecular weight is 259 g/mol. The van der Waals surface area contributed by atoms with Gasteiger partial charge in [-0.1, -0.05) is 6.92 Å². The van der Waals surface area contributed by atoms with Crippen LogP contribution in [0, 0.1) is 0 Å². The van der Waals surface area contributed by atoms with E-state index in [1.165, 1.54) is 6.26 Å². The van der Waals surface area contributed by atoms with Crippen molar-refractivity contribution in [1.82, 2.24) is 14.9 Å². The van der Waals surface area contributed by atoms with Gasteiger partial charge in [0.25, 0.3) is 0 Å². The maximum atomic E-state index is 11.9. The van der Waals surface area contributed by atoms with Crippen molar-refractivity contribution in [2.24, 2.45) is 7.05 Å². The van der Waals surface area contributed by atoms with Crippen LogP contribution < -0.4 is 5.32 Å². The number of imidazole rings is 1. The molecule has 6 heteroatoms. The first-order valence-corrected chi connectivity index (χ1v) is 7.51. The minimum absolute atomic E-state index is 0.317. The van der Waals surface area contributed by atoms with Crippen molar-refractivity contribution >= 4 is 9.84 Å². The highest BCUT2D eigenvalue weighted by Gasteiger charge is 2.41. The summed E-state index contributed by atoms with van der Waals surface area (Å²) in [6.07, 6.45) is 4.76. The molecule has 17 heavy (non-hydrogen) atoms. The zero-order valence-electron chi connectivity index (χ0n) is 11.1. The standard InChI is InChI=1S/C11H21N3O2S/c1-6-12-9(10-13-7-8-14(10)4)11(2,3)17(5,15)16/h7-9,12H,6H2,1-5H3. The molecule has 1 rings (SSSR count). The van der Waals surface area contributed by atoms with Crippen LogP contribution in [0.4, 0.5) is 0 Å². The van der Waals surface area contributed by atoms with Crippen molar-refractivity contribution in [2.45, 2.75) is 31.6 Å². The smallest absolute Gasteiger partial charge is 0.154 e. The van der Waals surface area contributed by atoms with Crippen LogP contribution in [0.1, 0.15) is 32.6 Å². The van der Waals surface area contributed by atoms with E-state index in [1.807, 2.05) is 24.7 Å². The van der Waals surface area contributed by atoms with Gasteiger partial charge in [0, 0.05) is 25.7 Å². The van der Waals surface area contributed by atoms with Crippen LogP contribution in [0.3, 0.4) is 0 Å². The predicted molar refractivity (Wildman–Crippen MR) is 68.5 cm³/mol. The van der Waals surface area contributed by atoms with Gasteiger partial charge in [0.2, 0.25) is 0 Å². The zero-order chi connectivity index (χ0) is 13.3. The lowest BCUT2D eigenvalue weighted by atomic mass is 10.0. The van der Waals surface area contributed by atoms with Gasteiger partial charge in [0.1, 0.15) is 5.82 Å². The van der Waals surface area contributed by atoms with E-state index >= 15 is 0 Å². The van der Waals surface area contributed by atoms with Gasteiger partial charge in [-0.05, 0) is 20.4 Å². The molecule has 0 radical (unpaired) electrons. The second kappa shape index (κ2) is 4.78. The van der Waals surface area contributed by atoms with Gasteiger partial charge in [0.15, 0.2) is 9.84 Å². The van der Waals surface area contributed by atoms with Crippen LogP contribution in [0.5, 0.6) is 0 Å². The van der Waals surface area contributed by atoms with Crippen LogP contribution in [0.15, 0.2) is 12.4 Å². The van der Waals surface area contributed by atoms with Crippen LogP contribution in [-0.4, -0.2) is 35.5 Å². The second-order valence-corrected chi connectivity index (χ2v) is 7.36. The summed E-state index contributed by atoms with van der Waals surface area (Å²) in [5.41, 5.74) is 0. The SMILES string of the molecule is CCNC(c1nccn1C)C(C)(C)S(C)(=O)=O. The van der Waals surface area contributed by atoms with Crippen LogP contribution >= 0.6 is 0 Å². The summed E-state index contributed by atoms with van der Waals surface area (Å²) >= 11 is 0. The van der Waals surface area contributed by atoms with Gasteiger partial charge in [-0.25, -0.2) is 13.4 Å². The van der Waals surface area contributed by atoms with Crippen molar-refractivity contribution in [2.75, 3.05) is 12.8 Å². The minimum atomic E-state index is -3.18. The van der Waals surface area contributed by atoms with E-state index < -0.39 is 14.6 Å². The molecule has 0 fully saturated rings. The Morgan fingerprint density at radius 3 is 2.47 bits per heavy atom. The third-order valence-electron chi connectivity index (χ3n) is 3.18. The van der Waals surface area contributed by atoms with Crippen molar-refractivity contribution in [3.8, 4) is 0 Å². The number of rotatable bonds is 5. The van der Waals surface area contributed by atoms with E-state index in [0.29, 0.717) is 6.54 Å². The summed E-state index contributed by atoms with van der Waals surface area (Å²) in [5.74, 6) is 0.738. The summed E-state index contributed by atoms with van der Waals surface area (Å²) in [7, 11) is -1.32. The molecule has 0 spiro atoms. The summed E-state index contributed by atoms with van der Waals surface area (Å²) in [4.78, 5) is 4.25. The fourth-order valence-electron chi connectivity index (χ4n) is 1.72. The van der Waals surface area contributed by atoms with Crippen molar-refractivity contribution in [3.05, 3.63) is 18.2 Å². The molecule has 0 saturated carbocycles. The van der Waals surface area contributed by atoms with E-state index in [1.54, 1.807) is 20.0 Å². The Labute approximate surface area is 103 Å². The Morgan fingerprint density at radius 1 is 1.53 bits per heavy atom. The number of aromatic nitrogens is 2. The largest absolute Gasteiger partial charge is 0.337 e. The number of aryl methyl sites for hydroxylation is 1. The van der Waals surface area contributed by atoms with Crippen LogP contribution in [0.2, 0.25) is 0 Å². The third-order valence-corrected chi connectivity index (χ3v) is 5.32. The molecule has 0 bridgehead atoms. The molecule has 98 valence electrons. The molecule has 0 aliphatic rings. The lowest BCUT2D eigenvalue weighted by molar-refractivity contribution is 0.404. The first-order valence-electron chi connectivity index (χ1n) is 5.62. The fourth-order valence-corrected chi connectivity index (χ4v) is 2.34. The topological polar surface area (TPSA) is 64.0 Å². The van der Waals surface area contributed by atoms with E-state index in [2.05, 4.69) is 10.3 Å². The number of hydrogen-bond donors (Lipinski definition) is 1. The maximum Gasteiger partial charge on any atom is 0.154 e. The molecule has 0 aliphatic carbocycles. The maximum absolute atomic E-state index is 11.9. The van der Waals surface area contributed by atoms with Gasteiger partial charge in [0.05, 0.1) is 10.8 Å². The Kier molecular flexibility index (Phi) is 3.99. The molecule has 1 atom stereocenters. The van der Waals surface area contributed by atoms with E-state index in [4.69, 9.17) is 0 Å². The zero-order valence-corrected chi connectivity index (χ0v) is 11.9. The molecule has 0 aliphatic heterocycles. The molecule has 0 amide bonds. The highest BCUT2D eigenvalue weighted by molar-refractivity contribution is 7.92. The predicted octanol–water partition coefficient (Wildman–Crippen LogP) is 0.894. The number of hydrogen-bond acceptors (Lipinski definition) is 4. The Bertz CT molecular complexity index is 477. The molecule has 1 aromatic heterocycles. The molecular weight excluding hydrogens is 238 g/mol. The number of nitrogens with zero attached hydrogens (tertiary/aromatic N) is 2. The molecule has 1 N–H and O–H groups in total. The highest BCUT2D eigenvalue weighted by atomic mass is 32.2. The monoisotopic (exact) mass is 259 g/mol. The van der Waals surface area contributed by atoms with Crippen LogP contribution in [-0.2, 0) is 16.9 Å². The van der Waals surface area contributed by atoms with Gasteiger partial charge in [-0.2, -0.15) is 0 Å². The lowest BCUT2D eigenvalue weighted by Crippen LogP contribution is -2.46. The van der Waals surface area contributed by atoms with Crippen molar-refractivity contribution < 1.29 is 8.42 Å². The van der Waals surface area contributed by atoms with E-state index in [9.17, 15) is 8.42 Å². The molecular formula is C11H21N3O2S. The molecule has 0 saturated heterocycles. The minimum Gasteiger partial charge on any atom is -0.337 e. The summed E-state index contributed by atoms with van der Waals surface area (Å²) in [6, 6.07) is -0.317. The Morgan fingerprint density at radius 2 is 2.12 bits per heavy atom. The quantitative estimate of drug-likeness (QED) is 0.853. The molecule has 1 aromatic rings. The van der Waals surface area contributed by atoms with Gasteiger partial charge in [-0.3, -0.25) is 0 Å². The average Bonchev–Trinajstić information content (AvgIpc) is 2.58. The van der Waals surface area contributed by atoms with Crippen molar-refractivity contribution in [1.29, 1.82) is 0 Å². The highest BCUT2D eigenvalue weighted by Crippen LogP contribution is 2.30. The summed E-state index contributed by atoms with van der Waals surface area (Å²) < 4.78 is 24.7. The van der Waals surface area contributed by atoms with Gasteiger partial charge < -0.3 is 9.88 Å². The van der Waals surface area contributed by atoms with E-state index in [-0.39, 0.29) is 6.04 Å². The lowest BCUT2D eigenvalue weighted by Gasteiger charge is -2.32. The molecule has 1 heterocycles. The summed E-state index contributed by atoms with van der Waals surface area (Å²) in [5, 5.41) is 3.21. The number of nitrogens with one attached hydrogen (secondary N) is 1. The van der Waals surface area contributed by atoms with Gasteiger partial charge in [-0.15, -0.1) is 0 Å². The third kappa shape index (κ3) is 2.69. The second-order valence-electron chi connectivity index (χ2n) is 4.76. The number of sulfone groups is 1. The van der Waals surface area contributed by atoms with E-state index in [0.717, 1.165) is 5.82 Å². The fraction of sp³-hybridized carbons (Fsp3) is 0.727. The molecule has 0 aromatic carbocycles. The van der Waals surface area contributed by atoms with Crippen LogP contribution in [0.25, 0.3) is 0 Å². The Hall–Kier alpha value is -0.880. The first-order chi connectivity index (χ1) is 7.71. The normalized spacial score (nSPS) is 14.9. The molecule has 5 nitrogen and oxygen atoms in total. The summed E-state index contributed by atoms with van der Waals surface area (Å²) in [6.45, 7) is 6.10. The Balaban J connectivity index is 3.24.